The van der Waals surface area contributed by atoms with Gasteiger partial charge in [-0.2, -0.15) is 0 Å². The van der Waals surface area contributed by atoms with E-state index in [4.69, 9.17) is 27.9 Å². The summed E-state index contributed by atoms with van der Waals surface area (Å²) >= 11 is 12.6. The Bertz CT molecular complexity index is 1090. The van der Waals surface area contributed by atoms with Gasteiger partial charge in [-0.1, -0.05) is 65.7 Å². The summed E-state index contributed by atoms with van der Waals surface area (Å²) in [5.41, 5.74) is 4.78. The van der Waals surface area contributed by atoms with Crippen LogP contribution in [0.5, 0.6) is 5.75 Å². The molecule has 0 saturated heterocycles. The Balaban J connectivity index is 1.82. The van der Waals surface area contributed by atoms with Crippen molar-refractivity contribution in [3.63, 3.8) is 0 Å². The van der Waals surface area contributed by atoms with Crippen molar-refractivity contribution in [1.82, 2.24) is 9.97 Å². The van der Waals surface area contributed by atoms with Gasteiger partial charge < -0.3 is 4.74 Å². The van der Waals surface area contributed by atoms with Gasteiger partial charge in [0.15, 0.2) is 0 Å². The molecule has 1 aromatic heterocycles. The van der Waals surface area contributed by atoms with Crippen LogP contribution in [0.15, 0.2) is 85.5 Å². The van der Waals surface area contributed by atoms with Crippen LogP contribution in [0.2, 0.25) is 10.0 Å². The van der Waals surface area contributed by atoms with E-state index in [0.29, 0.717) is 16.7 Å². The summed E-state index contributed by atoms with van der Waals surface area (Å²) in [6.45, 7) is 0.410. The minimum Gasteiger partial charge on any atom is -0.489 e. The van der Waals surface area contributed by atoms with Crippen LogP contribution >= 0.6 is 23.2 Å². The van der Waals surface area contributed by atoms with Crippen LogP contribution in [-0.4, -0.2) is 9.97 Å². The maximum Gasteiger partial charge on any atom is 0.119 e. The van der Waals surface area contributed by atoms with Crippen molar-refractivity contribution >= 4 is 23.2 Å². The van der Waals surface area contributed by atoms with Gasteiger partial charge in [0.2, 0.25) is 0 Å². The molecule has 0 aliphatic heterocycles. The SMILES string of the molecule is Clc1ccc(-c2cccc(COc3ccccc3)c2-c2cncnc2)c(Cl)c1. The van der Waals surface area contributed by atoms with Crippen LogP contribution in [0.4, 0.5) is 0 Å². The molecule has 3 nitrogen and oxygen atoms in total. The summed E-state index contributed by atoms with van der Waals surface area (Å²) in [6, 6.07) is 21.3. The normalized spacial score (nSPS) is 10.6. The van der Waals surface area contributed by atoms with E-state index in [1.807, 2.05) is 60.7 Å². The standard InChI is InChI=1S/C23H16Cl2N2O/c24-18-9-10-20(22(25)11-18)21-8-4-5-16(14-28-19-6-2-1-3-7-19)23(21)17-12-26-15-27-13-17/h1-13,15H,14H2. The first kappa shape index (κ1) is 18.5. The fourth-order valence-electron chi connectivity index (χ4n) is 3.10. The highest BCUT2D eigenvalue weighted by Crippen LogP contribution is 2.39. The summed E-state index contributed by atoms with van der Waals surface area (Å²) in [5.74, 6) is 0.813. The Morgan fingerprint density at radius 2 is 1.57 bits per heavy atom. The van der Waals surface area contributed by atoms with Crippen molar-refractivity contribution in [1.29, 1.82) is 0 Å². The molecule has 138 valence electrons. The number of rotatable bonds is 5. The van der Waals surface area contributed by atoms with Crippen LogP contribution in [0.3, 0.4) is 0 Å². The molecule has 0 saturated carbocycles. The van der Waals surface area contributed by atoms with Gasteiger partial charge in [-0.3, -0.25) is 0 Å². The lowest BCUT2D eigenvalue weighted by atomic mass is 9.92. The third kappa shape index (κ3) is 4.01. The average molecular weight is 407 g/mol. The molecular formula is C23H16Cl2N2O. The van der Waals surface area contributed by atoms with Gasteiger partial charge in [-0.25, -0.2) is 9.97 Å². The maximum absolute atomic E-state index is 6.50. The second-order valence-electron chi connectivity index (χ2n) is 6.19. The summed E-state index contributed by atoms with van der Waals surface area (Å²) in [5, 5.41) is 1.19. The molecular weight excluding hydrogens is 391 g/mol. The van der Waals surface area contributed by atoms with Crippen molar-refractivity contribution in [2.75, 3.05) is 0 Å². The lowest BCUT2D eigenvalue weighted by molar-refractivity contribution is 0.307. The summed E-state index contributed by atoms with van der Waals surface area (Å²) in [6.07, 6.45) is 5.10. The van der Waals surface area contributed by atoms with Crippen molar-refractivity contribution < 1.29 is 4.74 Å². The zero-order valence-corrected chi connectivity index (χ0v) is 16.4. The van der Waals surface area contributed by atoms with Gasteiger partial charge in [-0.15, -0.1) is 0 Å². The molecule has 0 unspecified atom stereocenters. The van der Waals surface area contributed by atoms with E-state index < -0.39 is 0 Å². The third-order valence-corrected chi connectivity index (χ3v) is 4.91. The number of aromatic nitrogens is 2. The largest absolute Gasteiger partial charge is 0.489 e. The van der Waals surface area contributed by atoms with Crippen molar-refractivity contribution in [2.45, 2.75) is 6.61 Å². The zero-order valence-electron chi connectivity index (χ0n) is 14.8. The first-order chi connectivity index (χ1) is 13.7. The molecule has 0 amide bonds. The van der Waals surface area contributed by atoms with E-state index >= 15 is 0 Å². The average Bonchev–Trinajstić information content (AvgIpc) is 2.73. The Kier molecular flexibility index (Phi) is 5.56. The highest BCUT2D eigenvalue weighted by atomic mass is 35.5. The van der Waals surface area contributed by atoms with E-state index in [1.54, 1.807) is 18.5 Å². The van der Waals surface area contributed by atoms with Gasteiger partial charge in [0.05, 0.1) is 0 Å². The van der Waals surface area contributed by atoms with Crippen LogP contribution in [0.25, 0.3) is 22.3 Å². The molecule has 0 N–H and O–H groups in total. The molecule has 0 spiro atoms. The lowest BCUT2D eigenvalue weighted by Gasteiger charge is -2.17. The van der Waals surface area contributed by atoms with Crippen molar-refractivity contribution in [3.05, 3.63) is 101 Å². The van der Waals surface area contributed by atoms with Gasteiger partial charge in [0, 0.05) is 33.6 Å². The fraction of sp³-hybridized carbons (Fsp3) is 0.0435. The van der Waals surface area contributed by atoms with Crippen LogP contribution in [0.1, 0.15) is 5.56 Å². The number of hydrogen-bond acceptors (Lipinski definition) is 3. The van der Waals surface area contributed by atoms with Gasteiger partial charge >= 0.3 is 0 Å². The van der Waals surface area contributed by atoms with Crippen molar-refractivity contribution in [3.8, 4) is 28.0 Å². The predicted octanol–water partition coefficient (Wildman–Crippen LogP) is 6.70. The third-order valence-electron chi connectivity index (χ3n) is 4.36. The van der Waals surface area contributed by atoms with Crippen LogP contribution in [-0.2, 0) is 6.61 Å². The summed E-state index contributed by atoms with van der Waals surface area (Å²) < 4.78 is 6.00. The number of nitrogens with zero attached hydrogens (tertiary/aromatic N) is 2. The Morgan fingerprint density at radius 3 is 2.32 bits per heavy atom. The zero-order chi connectivity index (χ0) is 19.3. The van der Waals surface area contributed by atoms with Crippen LogP contribution in [0, 0.1) is 0 Å². The monoisotopic (exact) mass is 406 g/mol. The molecule has 3 aromatic carbocycles. The van der Waals surface area contributed by atoms with Gasteiger partial charge in [0.25, 0.3) is 0 Å². The number of ether oxygens (including phenoxy) is 1. The molecule has 4 rings (SSSR count). The number of halogens is 2. The topological polar surface area (TPSA) is 35.0 Å². The van der Waals surface area contributed by atoms with Gasteiger partial charge in [0.1, 0.15) is 18.7 Å². The first-order valence-corrected chi connectivity index (χ1v) is 9.48. The van der Waals surface area contributed by atoms with E-state index in [1.165, 1.54) is 6.33 Å². The fourth-order valence-corrected chi connectivity index (χ4v) is 3.61. The Hall–Kier alpha value is -2.88. The quantitative estimate of drug-likeness (QED) is 0.369. The first-order valence-electron chi connectivity index (χ1n) is 8.73. The van der Waals surface area contributed by atoms with Crippen LogP contribution < -0.4 is 4.74 Å². The number of hydrogen-bond donors (Lipinski definition) is 0. The van der Waals surface area contributed by atoms with E-state index in [-0.39, 0.29) is 0 Å². The minimum absolute atomic E-state index is 0.410. The molecule has 4 aromatic rings. The molecule has 0 aliphatic carbocycles. The molecule has 0 fully saturated rings. The number of para-hydroxylation sites is 1. The van der Waals surface area contributed by atoms with E-state index in [2.05, 4.69) is 9.97 Å². The second kappa shape index (κ2) is 8.42. The minimum atomic E-state index is 0.410. The molecule has 0 atom stereocenters. The molecule has 5 heteroatoms. The Morgan fingerprint density at radius 1 is 0.786 bits per heavy atom. The highest BCUT2D eigenvalue weighted by molar-refractivity contribution is 6.36. The maximum atomic E-state index is 6.50. The van der Waals surface area contributed by atoms with E-state index in [9.17, 15) is 0 Å². The van der Waals surface area contributed by atoms with E-state index in [0.717, 1.165) is 33.6 Å². The smallest absolute Gasteiger partial charge is 0.119 e. The second-order valence-corrected chi connectivity index (χ2v) is 7.04. The molecule has 0 aliphatic rings. The molecule has 28 heavy (non-hydrogen) atoms. The predicted molar refractivity (Wildman–Crippen MR) is 114 cm³/mol. The molecule has 0 radical (unpaired) electrons. The highest BCUT2D eigenvalue weighted by Gasteiger charge is 2.16. The number of benzene rings is 3. The molecule has 0 bridgehead atoms. The lowest BCUT2D eigenvalue weighted by Crippen LogP contribution is -2.00. The molecule has 1 heterocycles. The van der Waals surface area contributed by atoms with Crippen molar-refractivity contribution in [2.24, 2.45) is 0 Å². The Labute approximate surface area is 173 Å². The van der Waals surface area contributed by atoms with Gasteiger partial charge in [-0.05, 0) is 41.0 Å². The summed E-state index contributed by atoms with van der Waals surface area (Å²) in [4.78, 5) is 8.37. The summed E-state index contributed by atoms with van der Waals surface area (Å²) in [7, 11) is 0.